The summed E-state index contributed by atoms with van der Waals surface area (Å²) >= 11 is 0. The van der Waals surface area contributed by atoms with Crippen LogP contribution < -0.4 is 0 Å². The summed E-state index contributed by atoms with van der Waals surface area (Å²) in [6.07, 6.45) is 2.21. The molecule has 2 fully saturated rings. The quantitative estimate of drug-likeness (QED) is 0.586. The molecule has 2 heterocycles. The first-order valence-corrected chi connectivity index (χ1v) is 5.72. The van der Waals surface area contributed by atoms with E-state index in [0.29, 0.717) is 6.54 Å². The first-order chi connectivity index (χ1) is 6.66. The van der Waals surface area contributed by atoms with Crippen molar-refractivity contribution < 1.29 is 4.39 Å². The van der Waals surface area contributed by atoms with Crippen molar-refractivity contribution in [1.82, 2.24) is 4.90 Å². The fourth-order valence-corrected chi connectivity index (χ4v) is 2.74. The molecule has 0 aromatic heterocycles. The number of fused-ring (bicyclic) bond motifs is 1. The molecule has 0 aliphatic carbocycles. The minimum Gasteiger partial charge on any atom is -0.290 e. The zero-order chi connectivity index (χ0) is 10.8. The summed E-state index contributed by atoms with van der Waals surface area (Å²) in [6.45, 7) is 11.7. The van der Waals surface area contributed by atoms with Crippen LogP contribution in [0.4, 0.5) is 4.39 Å². The Hall–Kier alpha value is -0.370. The van der Waals surface area contributed by atoms with E-state index in [0.717, 1.165) is 25.8 Å². The van der Waals surface area contributed by atoms with Crippen molar-refractivity contribution in [2.75, 3.05) is 13.1 Å². The summed E-state index contributed by atoms with van der Waals surface area (Å²) in [5.41, 5.74) is 1.43. The normalized spacial score (nSPS) is 36.6. The second kappa shape index (κ2) is 4.43. The van der Waals surface area contributed by atoms with E-state index in [1.807, 2.05) is 13.8 Å². The van der Waals surface area contributed by atoms with Crippen LogP contribution in [0.25, 0.3) is 0 Å². The molecule has 0 N–H and O–H groups in total. The summed E-state index contributed by atoms with van der Waals surface area (Å²) in [5, 5.41) is 0. The van der Waals surface area contributed by atoms with Gasteiger partial charge in [-0.25, -0.2) is 4.39 Å². The van der Waals surface area contributed by atoms with Gasteiger partial charge in [-0.1, -0.05) is 32.9 Å². The van der Waals surface area contributed by atoms with Crippen LogP contribution in [0.2, 0.25) is 0 Å². The maximum atomic E-state index is 13.1. The van der Waals surface area contributed by atoms with E-state index in [-0.39, 0.29) is 5.54 Å². The van der Waals surface area contributed by atoms with Gasteiger partial charge in [0.25, 0.3) is 0 Å². The Morgan fingerprint density at radius 2 is 2.21 bits per heavy atom. The third-order valence-electron chi connectivity index (χ3n) is 3.34. The van der Waals surface area contributed by atoms with E-state index in [1.54, 1.807) is 0 Å². The lowest BCUT2D eigenvalue weighted by Gasteiger charge is -2.29. The SMILES string of the molecule is C=C1CN2C[C@H](F)CC2(CC)C1.CC. The largest absolute Gasteiger partial charge is 0.290 e. The predicted octanol–water partition coefficient (Wildman–Crippen LogP) is 3.17. The highest BCUT2D eigenvalue weighted by Gasteiger charge is 2.48. The van der Waals surface area contributed by atoms with Crippen LogP contribution >= 0.6 is 0 Å². The Bertz CT molecular complexity index is 214. The lowest BCUT2D eigenvalue weighted by molar-refractivity contribution is 0.189. The van der Waals surface area contributed by atoms with Gasteiger partial charge in [0, 0.05) is 18.6 Å². The van der Waals surface area contributed by atoms with Crippen LogP contribution in [0.15, 0.2) is 12.2 Å². The molecule has 2 heteroatoms. The third-order valence-corrected chi connectivity index (χ3v) is 3.34. The summed E-state index contributed by atoms with van der Waals surface area (Å²) in [4.78, 5) is 2.28. The predicted molar refractivity (Wildman–Crippen MR) is 59.2 cm³/mol. The van der Waals surface area contributed by atoms with Crippen molar-refractivity contribution in [2.24, 2.45) is 0 Å². The molecule has 0 aromatic rings. The molecule has 0 saturated carbocycles. The highest BCUT2D eigenvalue weighted by atomic mass is 19.1. The Kier molecular flexibility index (Phi) is 3.71. The van der Waals surface area contributed by atoms with Crippen molar-refractivity contribution in [1.29, 1.82) is 0 Å². The average Bonchev–Trinajstić information content (AvgIpc) is 2.60. The van der Waals surface area contributed by atoms with Gasteiger partial charge in [-0.15, -0.1) is 0 Å². The van der Waals surface area contributed by atoms with Crippen molar-refractivity contribution in [3.8, 4) is 0 Å². The van der Waals surface area contributed by atoms with Crippen molar-refractivity contribution in [3.05, 3.63) is 12.2 Å². The van der Waals surface area contributed by atoms with E-state index in [2.05, 4.69) is 18.4 Å². The van der Waals surface area contributed by atoms with Crippen LogP contribution in [-0.2, 0) is 0 Å². The first kappa shape index (κ1) is 11.7. The smallest absolute Gasteiger partial charge is 0.115 e. The van der Waals surface area contributed by atoms with Crippen LogP contribution in [0.1, 0.15) is 40.0 Å². The summed E-state index contributed by atoms with van der Waals surface area (Å²) in [7, 11) is 0. The monoisotopic (exact) mass is 199 g/mol. The molecular weight excluding hydrogens is 177 g/mol. The van der Waals surface area contributed by atoms with Crippen LogP contribution in [0, 0.1) is 0 Å². The zero-order valence-corrected chi connectivity index (χ0v) is 9.65. The van der Waals surface area contributed by atoms with Crippen molar-refractivity contribution in [3.63, 3.8) is 0 Å². The lowest BCUT2D eigenvalue weighted by Crippen LogP contribution is -2.37. The molecule has 82 valence electrons. The number of halogens is 1. The Balaban J connectivity index is 0.000000461. The number of rotatable bonds is 1. The van der Waals surface area contributed by atoms with E-state index in [1.165, 1.54) is 5.57 Å². The molecule has 2 atom stereocenters. The number of hydrogen-bond acceptors (Lipinski definition) is 1. The molecule has 2 aliphatic heterocycles. The number of nitrogens with zero attached hydrogens (tertiary/aromatic N) is 1. The van der Waals surface area contributed by atoms with Crippen molar-refractivity contribution in [2.45, 2.75) is 51.7 Å². The number of hydrogen-bond donors (Lipinski definition) is 0. The fraction of sp³-hybridized carbons (Fsp3) is 0.833. The molecule has 2 aliphatic rings. The van der Waals surface area contributed by atoms with E-state index in [9.17, 15) is 4.39 Å². The van der Waals surface area contributed by atoms with Gasteiger partial charge < -0.3 is 0 Å². The summed E-state index contributed by atoms with van der Waals surface area (Å²) in [5.74, 6) is 0. The topological polar surface area (TPSA) is 3.24 Å². The van der Waals surface area contributed by atoms with Gasteiger partial charge in [-0.3, -0.25) is 4.90 Å². The zero-order valence-electron chi connectivity index (χ0n) is 9.65. The van der Waals surface area contributed by atoms with Gasteiger partial charge in [0.15, 0.2) is 0 Å². The molecule has 1 unspecified atom stereocenters. The van der Waals surface area contributed by atoms with Gasteiger partial charge in [0.2, 0.25) is 0 Å². The minimum atomic E-state index is -0.599. The molecule has 1 nitrogen and oxygen atoms in total. The van der Waals surface area contributed by atoms with Crippen LogP contribution in [0.3, 0.4) is 0 Å². The standard InChI is InChI=1S/C10H16FN.C2H6/c1-3-10-4-8(2)6-12(10)7-9(11)5-10;1-2/h9H,2-7H2,1H3;1-2H3/t9-,10?;/m1./s1. The Labute approximate surface area is 87.0 Å². The molecule has 0 radical (unpaired) electrons. The van der Waals surface area contributed by atoms with Crippen LogP contribution in [0.5, 0.6) is 0 Å². The van der Waals surface area contributed by atoms with Gasteiger partial charge in [0.1, 0.15) is 6.17 Å². The second-order valence-corrected chi connectivity index (χ2v) is 4.19. The van der Waals surface area contributed by atoms with Crippen molar-refractivity contribution >= 4 is 0 Å². The molecule has 0 spiro atoms. The van der Waals surface area contributed by atoms with E-state index < -0.39 is 6.17 Å². The maximum absolute atomic E-state index is 13.1. The third kappa shape index (κ3) is 1.85. The summed E-state index contributed by atoms with van der Waals surface area (Å²) in [6, 6.07) is 0. The lowest BCUT2D eigenvalue weighted by atomic mass is 9.90. The highest BCUT2D eigenvalue weighted by Crippen LogP contribution is 2.43. The van der Waals surface area contributed by atoms with Gasteiger partial charge >= 0.3 is 0 Å². The van der Waals surface area contributed by atoms with Gasteiger partial charge in [-0.05, 0) is 19.3 Å². The maximum Gasteiger partial charge on any atom is 0.115 e. The average molecular weight is 199 g/mol. The highest BCUT2D eigenvalue weighted by molar-refractivity contribution is 5.18. The van der Waals surface area contributed by atoms with Gasteiger partial charge in [-0.2, -0.15) is 0 Å². The molecule has 14 heavy (non-hydrogen) atoms. The minimum absolute atomic E-state index is 0.149. The second-order valence-electron chi connectivity index (χ2n) is 4.19. The molecule has 2 saturated heterocycles. The molecular formula is C12H22FN. The van der Waals surface area contributed by atoms with E-state index >= 15 is 0 Å². The molecule has 0 bridgehead atoms. The van der Waals surface area contributed by atoms with Gasteiger partial charge in [0.05, 0.1) is 0 Å². The molecule has 2 rings (SSSR count). The Morgan fingerprint density at radius 1 is 1.57 bits per heavy atom. The van der Waals surface area contributed by atoms with E-state index in [4.69, 9.17) is 0 Å². The molecule has 0 amide bonds. The first-order valence-electron chi connectivity index (χ1n) is 5.72. The van der Waals surface area contributed by atoms with Crippen LogP contribution in [-0.4, -0.2) is 29.7 Å². The number of alkyl halides is 1. The fourth-order valence-electron chi connectivity index (χ4n) is 2.74. The summed E-state index contributed by atoms with van der Waals surface area (Å²) < 4.78 is 13.1. The molecule has 0 aromatic carbocycles. The Morgan fingerprint density at radius 3 is 2.71 bits per heavy atom.